The lowest BCUT2D eigenvalue weighted by Gasteiger charge is -2.35. The average molecular weight is 266 g/mol. The van der Waals surface area contributed by atoms with Gasteiger partial charge in [-0.2, -0.15) is 5.10 Å². The second kappa shape index (κ2) is 6.14. The van der Waals surface area contributed by atoms with Crippen molar-refractivity contribution in [3.63, 3.8) is 0 Å². The van der Waals surface area contributed by atoms with Gasteiger partial charge in [-0.3, -0.25) is 9.69 Å². The van der Waals surface area contributed by atoms with Gasteiger partial charge < -0.3 is 5.11 Å². The van der Waals surface area contributed by atoms with Gasteiger partial charge in [-0.05, 0) is 32.7 Å². The number of hydrogen-bond donors (Lipinski definition) is 1. The lowest BCUT2D eigenvalue weighted by atomic mass is 9.92. The van der Waals surface area contributed by atoms with Crippen LogP contribution in [-0.4, -0.2) is 43.3 Å². The van der Waals surface area contributed by atoms with E-state index in [1.807, 2.05) is 4.68 Å². The van der Waals surface area contributed by atoms with E-state index in [0.29, 0.717) is 0 Å². The molecule has 0 amide bonds. The number of carboxylic acids is 1. The van der Waals surface area contributed by atoms with E-state index in [2.05, 4.69) is 28.8 Å². The van der Waals surface area contributed by atoms with Crippen LogP contribution in [0.3, 0.4) is 0 Å². The first-order chi connectivity index (χ1) is 9.11. The summed E-state index contributed by atoms with van der Waals surface area (Å²) in [5, 5.41) is 13.3. The molecule has 1 aliphatic heterocycles. The first kappa shape index (κ1) is 14.0. The van der Waals surface area contributed by atoms with Crippen molar-refractivity contribution in [2.24, 2.45) is 5.92 Å². The van der Waals surface area contributed by atoms with E-state index in [-0.39, 0.29) is 12.0 Å². The number of hydrogen-bond acceptors (Lipinski definition) is 4. The second-order valence-electron chi connectivity index (χ2n) is 5.28. The van der Waals surface area contributed by atoms with E-state index in [1.54, 1.807) is 6.33 Å². The van der Waals surface area contributed by atoms with Crippen molar-refractivity contribution >= 4 is 5.97 Å². The molecule has 6 heteroatoms. The van der Waals surface area contributed by atoms with Gasteiger partial charge >= 0.3 is 5.97 Å². The second-order valence-corrected chi connectivity index (χ2v) is 5.28. The zero-order chi connectivity index (χ0) is 13.8. The Kier molecular flexibility index (Phi) is 4.52. The quantitative estimate of drug-likeness (QED) is 0.871. The molecule has 1 aromatic heterocycles. The van der Waals surface area contributed by atoms with Crippen molar-refractivity contribution in [3.8, 4) is 0 Å². The van der Waals surface area contributed by atoms with Crippen LogP contribution in [0.5, 0.6) is 0 Å². The third kappa shape index (κ3) is 3.32. The molecule has 1 aromatic rings. The largest absolute Gasteiger partial charge is 0.481 e. The highest BCUT2D eigenvalue weighted by Crippen LogP contribution is 2.24. The number of aromatic nitrogens is 3. The minimum atomic E-state index is -0.666. The number of carboxylic acid groups (broad SMARTS) is 1. The van der Waals surface area contributed by atoms with Crippen LogP contribution in [0.15, 0.2) is 6.33 Å². The molecule has 1 N–H and O–H groups in total. The number of likely N-dealkylation sites (tertiary alicyclic amines) is 1. The fourth-order valence-corrected chi connectivity index (χ4v) is 2.67. The summed E-state index contributed by atoms with van der Waals surface area (Å²) in [5.41, 5.74) is 0. The first-order valence-corrected chi connectivity index (χ1v) is 6.95. The molecule has 2 rings (SSSR count). The van der Waals surface area contributed by atoms with Crippen molar-refractivity contribution in [3.05, 3.63) is 12.2 Å². The highest BCUT2D eigenvalue weighted by molar-refractivity contribution is 5.70. The van der Waals surface area contributed by atoms with Crippen molar-refractivity contribution in [2.75, 3.05) is 6.54 Å². The Labute approximate surface area is 113 Å². The van der Waals surface area contributed by atoms with Crippen molar-refractivity contribution in [2.45, 2.75) is 52.2 Å². The molecule has 1 saturated heterocycles. The molecule has 0 radical (unpaired) electrons. The molecule has 1 aliphatic rings. The predicted molar refractivity (Wildman–Crippen MR) is 70.5 cm³/mol. The summed E-state index contributed by atoms with van der Waals surface area (Å²) in [4.78, 5) is 17.6. The summed E-state index contributed by atoms with van der Waals surface area (Å²) >= 11 is 0. The summed E-state index contributed by atoms with van der Waals surface area (Å²) in [7, 11) is 0. The van der Waals surface area contributed by atoms with Crippen molar-refractivity contribution in [1.29, 1.82) is 0 Å². The van der Waals surface area contributed by atoms with Gasteiger partial charge in [0.2, 0.25) is 0 Å². The van der Waals surface area contributed by atoms with Gasteiger partial charge in [0, 0.05) is 12.6 Å². The standard InChI is InChI=1S/C13H22N4O2/c1-3-5-17-12(14-9-15-17)8-16-6-4-11(13(18)19)7-10(16)2/h9-11H,3-8H2,1-2H3,(H,18,19). The highest BCUT2D eigenvalue weighted by atomic mass is 16.4. The minimum absolute atomic E-state index is 0.195. The van der Waals surface area contributed by atoms with E-state index in [0.717, 1.165) is 44.7 Å². The first-order valence-electron chi connectivity index (χ1n) is 6.95. The topological polar surface area (TPSA) is 71.2 Å². The number of rotatable bonds is 5. The summed E-state index contributed by atoms with van der Waals surface area (Å²) in [6.07, 6.45) is 4.07. The summed E-state index contributed by atoms with van der Waals surface area (Å²) in [6, 6.07) is 0.279. The Morgan fingerprint density at radius 2 is 2.37 bits per heavy atom. The van der Waals surface area contributed by atoms with Crippen LogP contribution < -0.4 is 0 Å². The smallest absolute Gasteiger partial charge is 0.306 e. The number of carbonyl (C=O) groups is 1. The lowest BCUT2D eigenvalue weighted by molar-refractivity contribution is -0.144. The van der Waals surface area contributed by atoms with Crippen molar-refractivity contribution in [1.82, 2.24) is 19.7 Å². The monoisotopic (exact) mass is 266 g/mol. The Bertz CT molecular complexity index is 432. The molecule has 2 heterocycles. The van der Waals surface area contributed by atoms with Crippen LogP contribution in [0.4, 0.5) is 0 Å². The van der Waals surface area contributed by atoms with Crippen LogP contribution in [0, 0.1) is 5.92 Å². The predicted octanol–water partition coefficient (Wildman–Crippen LogP) is 1.37. The number of aryl methyl sites for hydroxylation is 1. The summed E-state index contributed by atoms with van der Waals surface area (Å²) in [6.45, 7) is 6.67. The van der Waals surface area contributed by atoms with Crippen LogP contribution in [0.2, 0.25) is 0 Å². The molecule has 19 heavy (non-hydrogen) atoms. The third-order valence-corrected chi connectivity index (χ3v) is 3.84. The third-order valence-electron chi connectivity index (χ3n) is 3.84. The molecule has 1 fully saturated rings. The molecule has 6 nitrogen and oxygen atoms in total. The van der Waals surface area contributed by atoms with Gasteiger partial charge in [0.05, 0.1) is 12.5 Å². The molecule has 2 atom stereocenters. The normalized spacial score (nSPS) is 24.5. The van der Waals surface area contributed by atoms with E-state index in [1.165, 1.54) is 0 Å². The SMILES string of the molecule is CCCn1ncnc1CN1CCC(C(=O)O)CC1C. The minimum Gasteiger partial charge on any atom is -0.481 e. The van der Waals surface area contributed by atoms with E-state index >= 15 is 0 Å². The number of aliphatic carboxylic acids is 1. The molecular formula is C13H22N4O2. The van der Waals surface area contributed by atoms with Gasteiger partial charge in [0.25, 0.3) is 0 Å². The lowest BCUT2D eigenvalue weighted by Crippen LogP contribution is -2.42. The molecule has 0 spiro atoms. The average Bonchev–Trinajstić information content (AvgIpc) is 2.79. The molecule has 2 unspecified atom stereocenters. The van der Waals surface area contributed by atoms with Crippen LogP contribution >= 0.6 is 0 Å². The fourth-order valence-electron chi connectivity index (χ4n) is 2.67. The highest BCUT2D eigenvalue weighted by Gasteiger charge is 2.30. The fraction of sp³-hybridized carbons (Fsp3) is 0.769. The van der Waals surface area contributed by atoms with E-state index in [9.17, 15) is 4.79 Å². The summed E-state index contributed by atoms with van der Waals surface area (Å²) in [5.74, 6) is 0.114. The van der Waals surface area contributed by atoms with Gasteiger partial charge in [0.15, 0.2) is 0 Å². The number of nitrogens with zero attached hydrogens (tertiary/aromatic N) is 4. The maximum absolute atomic E-state index is 11.0. The Morgan fingerprint density at radius 3 is 3.00 bits per heavy atom. The molecule has 0 aliphatic carbocycles. The van der Waals surface area contributed by atoms with E-state index < -0.39 is 5.97 Å². The Hall–Kier alpha value is -1.43. The molecule has 0 saturated carbocycles. The van der Waals surface area contributed by atoms with Crippen LogP contribution in [-0.2, 0) is 17.9 Å². The van der Waals surface area contributed by atoms with Gasteiger partial charge in [-0.15, -0.1) is 0 Å². The van der Waals surface area contributed by atoms with Gasteiger partial charge in [0.1, 0.15) is 12.2 Å². The molecule has 0 aromatic carbocycles. The molecule has 106 valence electrons. The van der Waals surface area contributed by atoms with Gasteiger partial charge in [-0.1, -0.05) is 6.92 Å². The van der Waals surface area contributed by atoms with Crippen LogP contribution in [0.1, 0.15) is 38.9 Å². The maximum Gasteiger partial charge on any atom is 0.306 e. The summed E-state index contributed by atoms with van der Waals surface area (Å²) < 4.78 is 1.94. The van der Waals surface area contributed by atoms with Crippen molar-refractivity contribution < 1.29 is 9.90 Å². The molecular weight excluding hydrogens is 244 g/mol. The van der Waals surface area contributed by atoms with Crippen LogP contribution in [0.25, 0.3) is 0 Å². The molecule has 0 bridgehead atoms. The Morgan fingerprint density at radius 1 is 1.58 bits per heavy atom. The number of piperidine rings is 1. The van der Waals surface area contributed by atoms with Gasteiger partial charge in [-0.25, -0.2) is 9.67 Å². The maximum atomic E-state index is 11.0. The van der Waals surface area contributed by atoms with E-state index in [4.69, 9.17) is 5.11 Å². The Balaban J connectivity index is 1.96. The zero-order valence-electron chi connectivity index (χ0n) is 11.6. The zero-order valence-corrected chi connectivity index (χ0v) is 11.6.